The smallest absolute Gasteiger partial charge is 0.270 e. The first-order valence-electron chi connectivity index (χ1n) is 4.84. The zero-order valence-electron chi connectivity index (χ0n) is 9.11. The Morgan fingerprint density at radius 2 is 2.19 bits per heavy atom. The lowest BCUT2D eigenvalue weighted by molar-refractivity contribution is -0.384. The van der Waals surface area contributed by atoms with E-state index in [0.29, 0.717) is 12.2 Å². The number of nitro groups is 1. The van der Waals surface area contributed by atoms with E-state index in [1.54, 1.807) is 14.0 Å². The van der Waals surface area contributed by atoms with Crippen LogP contribution in [-0.4, -0.2) is 24.4 Å². The van der Waals surface area contributed by atoms with Gasteiger partial charge in [-0.1, -0.05) is 0 Å². The van der Waals surface area contributed by atoms with Crippen molar-refractivity contribution in [2.24, 2.45) is 0 Å². The lowest BCUT2D eigenvalue weighted by Crippen LogP contribution is -2.23. The highest BCUT2D eigenvalue weighted by Crippen LogP contribution is 2.21. The first-order chi connectivity index (χ1) is 7.60. The highest BCUT2D eigenvalue weighted by molar-refractivity contribution is 6.00. The summed E-state index contributed by atoms with van der Waals surface area (Å²) < 4.78 is 0. The molecule has 86 valence electrons. The van der Waals surface area contributed by atoms with Crippen LogP contribution in [0.5, 0.6) is 0 Å². The number of anilines is 1. The van der Waals surface area contributed by atoms with E-state index in [0.717, 1.165) is 0 Å². The number of carbonyl (C=O) groups excluding carboxylic acids is 1. The second-order valence-corrected chi connectivity index (χ2v) is 3.10. The van der Waals surface area contributed by atoms with Crippen molar-refractivity contribution < 1.29 is 9.72 Å². The van der Waals surface area contributed by atoms with Crippen LogP contribution in [0.25, 0.3) is 0 Å². The Labute approximate surface area is 92.8 Å². The summed E-state index contributed by atoms with van der Waals surface area (Å²) in [5.74, 6) is -0.324. The van der Waals surface area contributed by atoms with Crippen LogP contribution in [0.3, 0.4) is 0 Å². The zero-order chi connectivity index (χ0) is 12.1. The molecule has 1 aromatic rings. The van der Waals surface area contributed by atoms with E-state index < -0.39 is 4.92 Å². The van der Waals surface area contributed by atoms with Gasteiger partial charge in [-0.2, -0.15) is 0 Å². The molecule has 0 spiro atoms. The van der Waals surface area contributed by atoms with E-state index >= 15 is 0 Å². The summed E-state index contributed by atoms with van der Waals surface area (Å²) in [6.45, 7) is 2.26. The molecular formula is C10H13N3O3. The van der Waals surface area contributed by atoms with E-state index in [1.165, 1.54) is 18.2 Å². The van der Waals surface area contributed by atoms with Gasteiger partial charge in [-0.25, -0.2) is 0 Å². The van der Waals surface area contributed by atoms with Crippen LogP contribution in [0.1, 0.15) is 17.3 Å². The number of amides is 1. The topological polar surface area (TPSA) is 84.3 Å². The van der Waals surface area contributed by atoms with Gasteiger partial charge in [-0.15, -0.1) is 0 Å². The van der Waals surface area contributed by atoms with Crippen molar-refractivity contribution in [1.82, 2.24) is 5.32 Å². The van der Waals surface area contributed by atoms with Gasteiger partial charge in [0.1, 0.15) is 0 Å². The SMILES string of the molecule is CCNC(=O)c1cc([N+](=O)[O-])ccc1NC. The number of nitro benzene ring substituents is 1. The van der Waals surface area contributed by atoms with Gasteiger partial charge in [-0.3, -0.25) is 14.9 Å². The monoisotopic (exact) mass is 223 g/mol. The van der Waals surface area contributed by atoms with Crippen molar-refractivity contribution in [3.63, 3.8) is 0 Å². The summed E-state index contributed by atoms with van der Waals surface area (Å²) in [5.41, 5.74) is 0.746. The number of carbonyl (C=O) groups is 1. The Morgan fingerprint density at radius 3 is 2.69 bits per heavy atom. The molecule has 6 nitrogen and oxygen atoms in total. The van der Waals surface area contributed by atoms with Crippen LogP contribution in [-0.2, 0) is 0 Å². The summed E-state index contributed by atoms with van der Waals surface area (Å²) in [7, 11) is 1.66. The van der Waals surface area contributed by atoms with Gasteiger partial charge in [-0.05, 0) is 13.0 Å². The molecule has 6 heteroatoms. The molecule has 0 bridgehead atoms. The maximum absolute atomic E-state index is 11.6. The molecule has 0 aliphatic heterocycles. The van der Waals surface area contributed by atoms with Gasteiger partial charge in [0.2, 0.25) is 0 Å². The molecule has 16 heavy (non-hydrogen) atoms. The van der Waals surface area contributed by atoms with Crippen LogP contribution in [0.15, 0.2) is 18.2 Å². The third kappa shape index (κ3) is 2.47. The molecule has 1 amide bonds. The van der Waals surface area contributed by atoms with Gasteiger partial charge >= 0.3 is 0 Å². The number of hydrogen-bond acceptors (Lipinski definition) is 4. The summed E-state index contributed by atoms with van der Waals surface area (Å²) in [5, 5.41) is 16.0. The molecule has 0 saturated carbocycles. The minimum Gasteiger partial charge on any atom is -0.387 e. The summed E-state index contributed by atoms with van der Waals surface area (Å²) in [6.07, 6.45) is 0. The van der Waals surface area contributed by atoms with Crippen LogP contribution < -0.4 is 10.6 Å². The quantitative estimate of drug-likeness (QED) is 0.596. The normalized spacial score (nSPS) is 9.62. The van der Waals surface area contributed by atoms with Gasteiger partial charge < -0.3 is 10.6 Å². The molecule has 0 unspecified atom stereocenters. The fourth-order valence-corrected chi connectivity index (χ4v) is 1.31. The number of benzene rings is 1. The van der Waals surface area contributed by atoms with E-state index in [4.69, 9.17) is 0 Å². The molecular weight excluding hydrogens is 210 g/mol. The lowest BCUT2D eigenvalue weighted by atomic mass is 10.1. The van der Waals surface area contributed by atoms with Gasteiger partial charge in [0.15, 0.2) is 0 Å². The van der Waals surface area contributed by atoms with Crippen molar-refractivity contribution in [2.45, 2.75) is 6.92 Å². The van der Waals surface area contributed by atoms with Crippen molar-refractivity contribution in [2.75, 3.05) is 18.9 Å². The molecule has 1 rings (SSSR count). The Bertz CT molecular complexity index is 418. The first kappa shape index (κ1) is 12.0. The van der Waals surface area contributed by atoms with Crippen molar-refractivity contribution in [3.8, 4) is 0 Å². The molecule has 0 radical (unpaired) electrons. The molecule has 0 aromatic heterocycles. The second-order valence-electron chi connectivity index (χ2n) is 3.10. The minimum atomic E-state index is -0.526. The molecule has 1 aromatic carbocycles. The molecule has 0 aliphatic rings. The number of rotatable bonds is 4. The maximum Gasteiger partial charge on any atom is 0.270 e. The van der Waals surface area contributed by atoms with Gasteiger partial charge in [0, 0.05) is 31.4 Å². The first-order valence-corrected chi connectivity index (χ1v) is 4.84. The number of nitrogens with zero attached hydrogens (tertiary/aromatic N) is 1. The Hall–Kier alpha value is -2.11. The van der Waals surface area contributed by atoms with E-state index in [-0.39, 0.29) is 17.2 Å². The largest absolute Gasteiger partial charge is 0.387 e. The third-order valence-electron chi connectivity index (χ3n) is 2.07. The number of hydrogen-bond donors (Lipinski definition) is 2. The molecule has 2 N–H and O–H groups in total. The van der Waals surface area contributed by atoms with E-state index in [9.17, 15) is 14.9 Å². The molecule has 0 aliphatic carbocycles. The summed E-state index contributed by atoms with van der Waals surface area (Å²) in [6, 6.07) is 4.13. The second kappa shape index (κ2) is 5.11. The lowest BCUT2D eigenvalue weighted by Gasteiger charge is -2.08. The Balaban J connectivity index is 3.16. The average molecular weight is 223 g/mol. The van der Waals surface area contributed by atoms with Gasteiger partial charge in [0.05, 0.1) is 10.5 Å². The highest BCUT2D eigenvalue weighted by Gasteiger charge is 2.15. The van der Waals surface area contributed by atoms with E-state index in [2.05, 4.69) is 10.6 Å². The minimum absolute atomic E-state index is 0.0970. The van der Waals surface area contributed by atoms with Crippen molar-refractivity contribution >= 4 is 17.3 Å². The highest BCUT2D eigenvalue weighted by atomic mass is 16.6. The zero-order valence-corrected chi connectivity index (χ0v) is 9.11. The van der Waals surface area contributed by atoms with Crippen LogP contribution in [0.4, 0.5) is 11.4 Å². The third-order valence-corrected chi connectivity index (χ3v) is 2.07. The van der Waals surface area contributed by atoms with Crippen LogP contribution >= 0.6 is 0 Å². The van der Waals surface area contributed by atoms with E-state index in [1.807, 2.05) is 0 Å². The molecule has 0 fully saturated rings. The van der Waals surface area contributed by atoms with Crippen molar-refractivity contribution in [3.05, 3.63) is 33.9 Å². The Morgan fingerprint density at radius 1 is 1.50 bits per heavy atom. The standard InChI is InChI=1S/C10H13N3O3/c1-3-12-10(14)8-6-7(13(15)16)4-5-9(8)11-2/h4-6,11H,3H2,1-2H3,(H,12,14). The van der Waals surface area contributed by atoms with Gasteiger partial charge in [0.25, 0.3) is 11.6 Å². The van der Waals surface area contributed by atoms with Crippen LogP contribution in [0, 0.1) is 10.1 Å². The molecule has 0 heterocycles. The summed E-state index contributed by atoms with van der Waals surface area (Å²) in [4.78, 5) is 21.7. The predicted molar refractivity (Wildman–Crippen MR) is 60.7 cm³/mol. The fourth-order valence-electron chi connectivity index (χ4n) is 1.31. The average Bonchev–Trinajstić information content (AvgIpc) is 2.28. The number of nitrogens with one attached hydrogen (secondary N) is 2. The van der Waals surface area contributed by atoms with Crippen LogP contribution in [0.2, 0.25) is 0 Å². The maximum atomic E-state index is 11.6. The number of non-ortho nitro benzene ring substituents is 1. The summed E-state index contributed by atoms with van der Waals surface area (Å²) >= 11 is 0. The van der Waals surface area contributed by atoms with Crippen molar-refractivity contribution in [1.29, 1.82) is 0 Å². The Kier molecular flexibility index (Phi) is 3.82. The molecule has 0 atom stereocenters. The molecule has 0 saturated heterocycles. The predicted octanol–water partition coefficient (Wildman–Crippen LogP) is 1.39. The fraction of sp³-hybridized carbons (Fsp3) is 0.300.